The van der Waals surface area contributed by atoms with Gasteiger partial charge in [-0.2, -0.15) is 0 Å². The SMILES string of the molecule is CCC(CC)C(=O)N[C@@H]1CN[C@H](C(=O)OC)C1. The molecule has 1 heterocycles. The standard InChI is InChI=1S/C12H22N2O3/c1-4-8(5-2)11(15)14-9-6-10(13-7-9)12(16)17-3/h8-10,13H,4-7H2,1-3H3,(H,14,15)/t9-,10-/m0/s1. The third kappa shape index (κ3) is 3.70. The molecule has 0 aromatic carbocycles. The Balaban J connectivity index is 2.39. The fraction of sp³-hybridized carbons (Fsp3) is 0.833. The Labute approximate surface area is 102 Å². The number of hydrogen-bond donors (Lipinski definition) is 2. The molecule has 98 valence electrons. The average Bonchev–Trinajstić information content (AvgIpc) is 2.78. The van der Waals surface area contributed by atoms with Gasteiger partial charge in [-0.1, -0.05) is 13.8 Å². The maximum Gasteiger partial charge on any atom is 0.322 e. The third-order valence-corrected chi connectivity index (χ3v) is 3.32. The number of esters is 1. The minimum atomic E-state index is -0.285. The topological polar surface area (TPSA) is 67.4 Å². The lowest BCUT2D eigenvalue weighted by atomic mass is 10.0. The molecule has 1 rings (SSSR count). The fourth-order valence-electron chi connectivity index (χ4n) is 2.15. The molecule has 17 heavy (non-hydrogen) atoms. The van der Waals surface area contributed by atoms with E-state index in [9.17, 15) is 9.59 Å². The number of rotatable bonds is 5. The molecule has 1 saturated heterocycles. The molecular formula is C12H22N2O3. The first-order chi connectivity index (χ1) is 8.12. The van der Waals surface area contributed by atoms with E-state index in [-0.39, 0.29) is 29.9 Å². The minimum absolute atomic E-state index is 0.0344. The van der Waals surface area contributed by atoms with Crippen molar-refractivity contribution in [3.05, 3.63) is 0 Å². The predicted octanol–water partition coefficient (Wildman–Crippen LogP) is 0.442. The van der Waals surface area contributed by atoms with Crippen LogP contribution < -0.4 is 10.6 Å². The predicted molar refractivity (Wildman–Crippen MR) is 64.4 cm³/mol. The van der Waals surface area contributed by atoms with Crippen LogP contribution in [0.25, 0.3) is 0 Å². The molecule has 0 aromatic heterocycles. The van der Waals surface area contributed by atoms with E-state index < -0.39 is 0 Å². The molecular weight excluding hydrogens is 220 g/mol. The normalized spacial score (nSPS) is 23.8. The van der Waals surface area contributed by atoms with Crippen LogP contribution >= 0.6 is 0 Å². The van der Waals surface area contributed by atoms with Crippen LogP contribution in [0.3, 0.4) is 0 Å². The van der Waals surface area contributed by atoms with Crippen molar-refractivity contribution >= 4 is 11.9 Å². The summed E-state index contributed by atoms with van der Waals surface area (Å²) in [5.41, 5.74) is 0. The molecule has 1 fully saturated rings. The third-order valence-electron chi connectivity index (χ3n) is 3.32. The molecule has 2 N–H and O–H groups in total. The molecule has 0 aromatic rings. The molecule has 0 saturated carbocycles. The Bertz CT molecular complexity index is 277. The molecule has 0 unspecified atom stereocenters. The van der Waals surface area contributed by atoms with E-state index >= 15 is 0 Å². The molecule has 2 atom stereocenters. The van der Waals surface area contributed by atoms with Gasteiger partial charge in [0.25, 0.3) is 0 Å². The van der Waals surface area contributed by atoms with Crippen molar-refractivity contribution in [2.75, 3.05) is 13.7 Å². The highest BCUT2D eigenvalue weighted by Gasteiger charge is 2.31. The van der Waals surface area contributed by atoms with Crippen molar-refractivity contribution in [1.29, 1.82) is 0 Å². The molecule has 1 aliphatic heterocycles. The van der Waals surface area contributed by atoms with Crippen LogP contribution in [0, 0.1) is 5.92 Å². The van der Waals surface area contributed by atoms with Crippen LogP contribution in [0.15, 0.2) is 0 Å². The first kappa shape index (κ1) is 14.0. The van der Waals surface area contributed by atoms with E-state index in [0.717, 1.165) is 12.8 Å². The number of carbonyl (C=O) groups excluding carboxylic acids is 2. The van der Waals surface area contributed by atoms with Crippen molar-refractivity contribution in [2.45, 2.75) is 45.2 Å². The summed E-state index contributed by atoms with van der Waals surface area (Å²) >= 11 is 0. The van der Waals surface area contributed by atoms with Gasteiger partial charge in [-0.15, -0.1) is 0 Å². The maximum absolute atomic E-state index is 11.9. The Morgan fingerprint density at radius 1 is 1.41 bits per heavy atom. The maximum atomic E-state index is 11.9. The Kier molecular flexibility index (Phi) is 5.41. The van der Waals surface area contributed by atoms with Gasteiger partial charge in [0.2, 0.25) is 5.91 Å². The number of hydrogen-bond acceptors (Lipinski definition) is 4. The summed E-state index contributed by atoms with van der Waals surface area (Å²) in [7, 11) is 1.38. The number of nitrogens with one attached hydrogen (secondary N) is 2. The van der Waals surface area contributed by atoms with E-state index in [2.05, 4.69) is 15.4 Å². The van der Waals surface area contributed by atoms with Gasteiger partial charge >= 0.3 is 5.97 Å². The summed E-state index contributed by atoms with van der Waals surface area (Å²) in [4.78, 5) is 23.1. The molecule has 5 nitrogen and oxygen atoms in total. The molecule has 5 heteroatoms. The lowest BCUT2D eigenvalue weighted by molar-refractivity contribution is -0.142. The van der Waals surface area contributed by atoms with E-state index in [4.69, 9.17) is 0 Å². The van der Waals surface area contributed by atoms with Gasteiger partial charge in [-0.05, 0) is 19.3 Å². The Morgan fingerprint density at radius 3 is 2.59 bits per heavy atom. The number of amides is 1. The van der Waals surface area contributed by atoms with E-state index in [0.29, 0.717) is 13.0 Å². The fourth-order valence-corrected chi connectivity index (χ4v) is 2.15. The van der Waals surface area contributed by atoms with Gasteiger partial charge in [-0.3, -0.25) is 9.59 Å². The van der Waals surface area contributed by atoms with Crippen LogP contribution in [0.4, 0.5) is 0 Å². The second-order valence-corrected chi connectivity index (χ2v) is 4.44. The number of carbonyl (C=O) groups is 2. The summed E-state index contributed by atoms with van der Waals surface area (Å²) in [6, 6.07) is -0.251. The van der Waals surface area contributed by atoms with E-state index in [1.807, 2.05) is 13.8 Å². The average molecular weight is 242 g/mol. The van der Waals surface area contributed by atoms with Crippen molar-refractivity contribution in [3.63, 3.8) is 0 Å². The van der Waals surface area contributed by atoms with Crippen molar-refractivity contribution < 1.29 is 14.3 Å². The van der Waals surface area contributed by atoms with Crippen molar-refractivity contribution in [1.82, 2.24) is 10.6 Å². The molecule has 0 spiro atoms. The number of methoxy groups -OCH3 is 1. The quantitative estimate of drug-likeness (QED) is 0.687. The van der Waals surface area contributed by atoms with Crippen LogP contribution in [-0.4, -0.2) is 37.6 Å². The lowest BCUT2D eigenvalue weighted by Gasteiger charge is -2.16. The van der Waals surface area contributed by atoms with E-state index in [1.54, 1.807) is 0 Å². The highest BCUT2D eigenvalue weighted by atomic mass is 16.5. The smallest absolute Gasteiger partial charge is 0.322 e. The molecule has 1 amide bonds. The largest absolute Gasteiger partial charge is 0.468 e. The van der Waals surface area contributed by atoms with Crippen LogP contribution in [0.1, 0.15) is 33.1 Å². The monoisotopic (exact) mass is 242 g/mol. The van der Waals surface area contributed by atoms with Gasteiger partial charge in [0.1, 0.15) is 6.04 Å². The molecule has 0 aliphatic carbocycles. The highest BCUT2D eigenvalue weighted by Crippen LogP contribution is 2.12. The van der Waals surface area contributed by atoms with Gasteiger partial charge < -0.3 is 15.4 Å². The summed E-state index contributed by atoms with van der Waals surface area (Å²) in [5.74, 6) is -0.0937. The zero-order valence-electron chi connectivity index (χ0n) is 10.8. The van der Waals surface area contributed by atoms with Crippen LogP contribution in [-0.2, 0) is 14.3 Å². The lowest BCUT2D eigenvalue weighted by Crippen LogP contribution is -2.39. The first-order valence-corrected chi connectivity index (χ1v) is 6.23. The van der Waals surface area contributed by atoms with Gasteiger partial charge in [0.05, 0.1) is 7.11 Å². The molecule has 0 bridgehead atoms. The highest BCUT2D eigenvalue weighted by molar-refractivity contribution is 5.80. The second-order valence-electron chi connectivity index (χ2n) is 4.44. The summed E-state index contributed by atoms with van der Waals surface area (Å²) in [6.07, 6.45) is 2.31. The van der Waals surface area contributed by atoms with Gasteiger partial charge in [0, 0.05) is 18.5 Å². The molecule has 0 radical (unpaired) electrons. The van der Waals surface area contributed by atoms with Gasteiger partial charge in [0.15, 0.2) is 0 Å². The summed E-state index contributed by atoms with van der Waals surface area (Å²) in [6.45, 7) is 4.65. The summed E-state index contributed by atoms with van der Waals surface area (Å²) in [5, 5.41) is 6.03. The summed E-state index contributed by atoms with van der Waals surface area (Å²) < 4.78 is 4.66. The van der Waals surface area contributed by atoms with Gasteiger partial charge in [-0.25, -0.2) is 0 Å². The van der Waals surface area contributed by atoms with Crippen LogP contribution in [0.2, 0.25) is 0 Å². The minimum Gasteiger partial charge on any atom is -0.468 e. The number of ether oxygens (including phenoxy) is 1. The van der Waals surface area contributed by atoms with Crippen molar-refractivity contribution in [3.8, 4) is 0 Å². The zero-order valence-corrected chi connectivity index (χ0v) is 10.8. The Hall–Kier alpha value is -1.10. The second kappa shape index (κ2) is 6.59. The Morgan fingerprint density at radius 2 is 2.06 bits per heavy atom. The zero-order chi connectivity index (χ0) is 12.8. The molecule has 1 aliphatic rings. The first-order valence-electron chi connectivity index (χ1n) is 6.23. The van der Waals surface area contributed by atoms with E-state index in [1.165, 1.54) is 7.11 Å². The van der Waals surface area contributed by atoms with Crippen molar-refractivity contribution in [2.24, 2.45) is 5.92 Å². The van der Waals surface area contributed by atoms with Crippen LogP contribution in [0.5, 0.6) is 0 Å².